The number of nitrogens with zero attached hydrogens (tertiary/aromatic N) is 1. The van der Waals surface area contributed by atoms with E-state index in [0.29, 0.717) is 18.6 Å². The first-order chi connectivity index (χ1) is 7.77. The second-order valence-electron chi connectivity index (χ2n) is 4.59. The van der Waals surface area contributed by atoms with Gasteiger partial charge in [0.1, 0.15) is 5.78 Å². The van der Waals surface area contributed by atoms with E-state index in [1.54, 1.807) is 0 Å². The summed E-state index contributed by atoms with van der Waals surface area (Å²) in [5.41, 5.74) is 1.44. The van der Waals surface area contributed by atoms with Gasteiger partial charge in [-0.1, -0.05) is 0 Å². The molecule has 0 aliphatic heterocycles. The Morgan fingerprint density at radius 2 is 1.94 bits per heavy atom. The van der Waals surface area contributed by atoms with E-state index < -0.39 is 0 Å². The molecule has 0 unspecified atom stereocenters. The number of Topliss-reactive ketones (excluding diaryl/α,β-unsaturated/α-hetero) is 1. The predicted molar refractivity (Wildman–Crippen MR) is 63.3 cm³/mol. The quantitative estimate of drug-likeness (QED) is 0.839. The summed E-state index contributed by atoms with van der Waals surface area (Å²) in [6, 6.07) is 4.15. The van der Waals surface area contributed by atoms with Crippen molar-refractivity contribution in [1.82, 2.24) is 10.3 Å². The number of hydrogen-bond acceptors (Lipinski definition) is 3. The highest BCUT2D eigenvalue weighted by molar-refractivity contribution is 5.79. The molecule has 1 saturated carbocycles. The summed E-state index contributed by atoms with van der Waals surface area (Å²) < 4.78 is 0. The third kappa shape index (κ3) is 2.14. The summed E-state index contributed by atoms with van der Waals surface area (Å²) in [5, 5.41) is 3.26. The molecule has 2 rings (SSSR count). The van der Waals surface area contributed by atoms with Crippen LogP contribution < -0.4 is 5.32 Å². The van der Waals surface area contributed by atoms with Crippen LogP contribution in [0.1, 0.15) is 31.2 Å². The SMILES string of the molecule is CNCC1(c2ccncc2)CCC(=O)CC1. The third-order valence-electron chi connectivity index (χ3n) is 3.57. The maximum Gasteiger partial charge on any atom is 0.132 e. The van der Waals surface area contributed by atoms with Crippen molar-refractivity contribution in [2.45, 2.75) is 31.1 Å². The van der Waals surface area contributed by atoms with Crippen molar-refractivity contribution < 1.29 is 4.79 Å². The number of hydrogen-bond donors (Lipinski definition) is 1. The molecule has 86 valence electrons. The number of nitrogens with one attached hydrogen (secondary N) is 1. The Kier molecular flexibility index (Phi) is 3.34. The zero-order chi connectivity index (χ0) is 11.4. The lowest BCUT2D eigenvalue weighted by Crippen LogP contribution is -2.40. The monoisotopic (exact) mass is 218 g/mol. The molecule has 0 spiro atoms. The first kappa shape index (κ1) is 11.3. The van der Waals surface area contributed by atoms with Gasteiger partial charge in [-0.2, -0.15) is 0 Å². The molecule has 0 atom stereocenters. The summed E-state index contributed by atoms with van der Waals surface area (Å²) >= 11 is 0. The molecule has 0 bridgehead atoms. The molecule has 16 heavy (non-hydrogen) atoms. The summed E-state index contributed by atoms with van der Waals surface area (Å²) in [6.07, 6.45) is 7.01. The molecule has 1 aliphatic rings. The number of carbonyl (C=O) groups is 1. The van der Waals surface area contributed by atoms with Crippen LogP contribution in [-0.4, -0.2) is 24.4 Å². The Hall–Kier alpha value is -1.22. The second-order valence-corrected chi connectivity index (χ2v) is 4.59. The van der Waals surface area contributed by atoms with Gasteiger partial charge in [-0.3, -0.25) is 9.78 Å². The largest absolute Gasteiger partial charge is 0.319 e. The van der Waals surface area contributed by atoms with E-state index in [2.05, 4.69) is 22.4 Å². The van der Waals surface area contributed by atoms with E-state index in [1.807, 2.05) is 19.4 Å². The highest BCUT2D eigenvalue weighted by atomic mass is 16.1. The minimum absolute atomic E-state index is 0.131. The Balaban J connectivity index is 2.25. The van der Waals surface area contributed by atoms with Crippen LogP contribution in [0.5, 0.6) is 0 Å². The molecule has 1 N–H and O–H groups in total. The number of carbonyl (C=O) groups excluding carboxylic acids is 1. The smallest absolute Gasteiger partial charge is 0.132 e. The van der Waals surface area contributed by atoms with E-state index in [0.717, 1.165) is 19.4 Å². The lowest BCUT2D eigenvalue weighted by atomic mass is 9.69. The molecule has 3 nitrogen and oxygen atoms in total. The van der Waals surface area contributed by atoms with E-state index in [4.69, 9.17) is 0 Å². The Labute approximate surface area is 96.3 Å². The van der Waals surface area contributed by atoms with Crippen molar-refractivity contribution in [2.24, 2.45) is 0 Å². The lowest BCUT2D eigenvalue weighted by molar-refractivity contribution is -0.121. The van der Waals surface area contributed by atoms with Crippen LogP contribution in [0.3, 0.4) is 0 Å². The van der Waals surface area contributed by atoms with Gasteiger partial charge in [-0.15, -0.1) is 0 Å². The van der Waals surface area contributed by atoms with Crippen molar-refractivity contribution in [1.29, 1.82) is 0 Å². The predicted octanol–water partition coefficient (Wildman–Crippen LogP) is 1.68. The maximum atomic E-state index is 11.4. The number of aromatic nitrogens is 1. The molecule has 0 radical (unpaired) electrons. The van der Waals surface area contributed by atoms with Gasteiger partial charge in [0.15, 0.2) is 0 Å². The first-order valence-electron chi connectivity index (χ1n) is 5.84. The van der Waals surface area contributed by atoms with Crippen LogP contribution in [0, 0.1) is 0 Å². The molecule has 0 amide bonds. The fraction of sp³-hybridized carbons (Fsp3) is 0.538. The highest BCUT2D eigenvalue weighted by Gasteiger charge is 2.35. The van der Waals surface area contributed by atoms with Crippen molar-refractivity contribution >= 4 is 5.78 Å². The van der Waals surface area contributed by atoms with Crippen LogP contribution in [0.25, 0.3) is 0 Å². The molecule has 0 aromatic carbocycles. The van der Waals surface area contributed by atoms with Crippen LogP contribution in [0.2, 0.25) is 0 Å². The van der Waals surface area contributed by atoms with Crippen LogP contribution in [0.4, 0.5) is 0 Å². The van der Waals surface area contributed by atoms with Gasteiger partial charge in [0.05, 0.1) is 0 Å². The molecule has 1 heterocycles. The fourth-order valence-electron chi connectivity index (χ4n) is 2.62. The number of ketones is 1. The van der Waals surface area contributed by atoms with E-state index >= 15 is 0 Å². The van der Waals surface area contributed by atoms with Crippen molar-refractivity contribution in [3.8, 4) is 0 Å². The molecular weight excluding hydrogens is 200 g/mol. The molecule has 0 saturated heterocycles. The molecule has 1 aliphatic carbocycles. The average Bonchev–Trinajstić information content (AvgIpc) is 2.34. The van der Waals surface area contributed by atoms with Crippen molar-refractivity contribution in [3.63, 3.8) is 0 Å². The van der Waals surface area contributed by atoms with Gasteiger partial charge in [0, 0.05) is 37.2 Å². The number of pyridine rings is 1. The highest BCUT2D eigenvalue weighted by Crippen LogP contribution is 2.37. The minimum Gasteiger partial charge on any atom is -0.319 e. The standard InChI is InChI=1S/C13H18N2O/c1-14-10-13(6-2-12(16)3-7-13)11-4-8-15-9-5-11/h4-5,8-9,14H,2-3,6-7,10H2,1H3. The third-order valence-corrected chi connectivity index (χ3v) is 3.57. The van der Waals surface area contributed by atoms with Crippen molar-refractivity contribution in [3.05, 3.63) is 30.1 Å². The average molecular weight is 218 g/mol. The Morgan fingerprint density at radius 3 is 2.50 bits per heavy atom. The number of likely N-dealkylation sites (N-methyl/N-ethyl adjacent to an activating group) is 1. The van der Waals surface area contributed by atoms with E-state index in [9.17, 15) is 4.79 Å². The Morgan fingerprint density at radius 1 is 1.31 bits per heavy atom. The molecule has 1 fully saturated rings. The normalized spacial score (nSPS) is 19.7. The maximum absolute atomic E-state index is 11.4. The van der Waals surface area contributed by atoms with Crippen molar-refractivity contribution in [2.75, 3.05) is 13.6 Å². The topological polar surface area (TPSA) is 42.0 Å². The van der Waals surface area contributed by atoms with Gasteiger partial charge in [0.25, 0.3) is 0 Å². The van der Waals surface area contributed by atoms with Gasteiger partial charge in [-0.05, 0) is 37.6 Å². The zero-order valence-corrected chi connectivity index (χ0v) is 9.70. The molecule has 1 aromatic heterocycles. The summed E-state index contributed by atoms with van der Waals surface area (Å²) in [5.74, 6) is 0.404. The summed E-state index contributed by atoms with van der Waals surface area (Å²) in [4.78, 5) is 15.4. The summed E-state index contributed by atoms with van der Waals surface area (Å²) in [6.45, 7) is 0.935. The molecular formula is C13H18N2O. The fourth-order valence-corrected chi connectivity index (χ4v) is 2.62. The van der Waals surface area contributed by atoms with E-state index in [-0.39, 0.29) is 5.41 Å². The lowest BCUT2D eigenvalue weighted by Gasteiger charge is -2.37. The van der Waals surface area contributed by atoms with Gasteiger partial charge in [0.2, 0.25) is 0 Å². The van der Waals surface area contributed by atoms with Crippen LogP contribution >= 0.6 is 0 Å². The van der Waals surface area contributed by atoms with Crippen LogP contribution in [-0.2, 0) is 10.2 Å². The van der Waals surface area contributed by atoms with Gasteiger partial charge >= 0.3 is 0 Å². The van der Waals surface area contributed by atoms with E-state index in [1.165, 1.54) is 5.56 Å². The summed E-state index contributed by atoms with van der Waals surface area (Å²) in [7, 11) is 1.97. The first-order valence-corrected chi connectivity index (χ1v) is 5.84. The second kappa shape index (κ2) is 4.74. The minimum atomic E-state index is 0.131. The van der Waals surface area contributed by atoms with Gasteiger partial charge in [-0.25, -0.2) is 0 Å². The van der Waals surface area contributed by atoms with Crippen LogP contribution in [0.15, 0.2) is 24.5 Å². The van der Waals surface area contributed by atoms with Gasteiger partial charge < -0.3 is 5.32 Å². The Bertz CT molecular complexity index is 351. The zero-order valence-electron chi connectivity index (χ0n) is 9.70. The number of rotatable bonds is 3. The molecule has 1 aromatic rings. The molecule has 3 heteroatoms.